The van der Waals surface area contributed by atoms with E-state index in [2.05, 4.69) is 15.9 Å². The van der Waals surface area contributed by atoms with E-state index < -0.39 is 5.91 Å². The summed E-state index contributed by atoms with van der Waals surface area (Å²) < 4.78 is 6.02. The van der Waals surface area contributed by atoms with Crippen LogP contribution in [0.2, 0.25) is 5.02 Å². The first-order valence-corrected chi connectivity index (χ1v) is 5.81. The summed E-state index contributed by atoms with van der Waals surface area (Å²) in [6, 6.07) is 3.63. The summed E-state index contributed by atoms with van der Waals surface area (Å²) in [5, 5.41) is 1.47. The molecule has 0 radical (unpaired) electrons. The molecule has 0 aliphatic carbocycles. The minimum Gasteiger partial charge on any atom is -0.449 e. The van der Waals surface area contributed by atoms with Crippen LogP contribution in [0, 0.1) is 6.92 Å². The van der Waals surface area contributed by atoms with Gasteiger partial charge in [0.1, 0.15) is 5.58 Å². The van der Waals surface area contributed by atoms with Gasteiger partial charge in [-0.1, -0.05) is 11.6 Å². The van der Waals surface area contributed by atoms with Crippen LogP contribution in [0.3, 0.4) is 0 Å². The van der Waals surface area contributed by atoms with Gasteiger partial charge in [0.25, 0.3) is 0 Å². The van der Waals surface area contributed by atoms with Crippen LogP contribution in [0.25, 0.3) is 11.0 Å². The van der Waals surface area contributed by atoms with Crippen molar-refractivity contribution in [1.29, 1.82) is 0 Å². The quantitative estimate of drug-likeness (QED) is 0.926. The van der Waals surface area contributed by atoms with Crippen molar-refractivity contribution in [3.05, 3.63) is 33.0 Å². The topological polar surface area (TPSA) is 56.2 Å². The number of aryl methyl sites for hydroxylation is 1. The van der Waals surface area contributed by atoms with Gasteiger partial charge in [-0.15, -0.1) is 0 Å². The first kappa shape index (κ1) is 11.5. The van der Waals surface area contributed by atoms with Crippen molar-refractivity contribution in [2.24, 2.45) is 5.73 Å². The molecule has 1 aromatic heterocycles. The highest BCUT2D eigenvalue weighted by molar-refractivity contribution is 9.10. The lowest BCUT2D eigenvalue weighted by Gasteiger charge is -1.98. The number of rotatable bonds is 2. The van der Waals surface area contributed by atoms with Gasteiger partial charge in [0.2, 0.25) is 5.91 Å². The van der Waals surface area contributed by atoms with Crippen LogP contribution in [0.5, 0.6) is 0 Å². The van der Waals surface area contributed by atoms with Gasteiger partial charge in [-0.3, -0.25) is 4.79 Å². The molecular weight excluding hydrogens is 293 g/mol. The number of furan rings is 1. The van der Waals surface area contributed by atoms with E-state index in [1.165, 1.54) is 0 Å². The summed E-state index contributed by atoms with van der Waals surface area (Å²) in [4.78, 5) is 10.9. The predicted molar refractivity (Wildman–Crippen MR) is 66.6 cm³/mol. The summed E-state index contributed by atoms with van der Waals surface area (Å²) >= 11 is 9.30. The van der Waals surface area contributed by atoms with E-state index in [-0.39, 0.29) is 6.42 Å². The van der Waals surface area contributed by atoms with Crippen LogP contribution in [-0.4, -0.2) is 5.91 Å². The van der Waals surface area contributed by atoms with Gasteiger partial charge in [0.05, 0.1) is 6.42 Å². The Balaban J connectivity index is 2.68. The Bertz CT molecular complexity index is 577. The predicted octanol–water partition coefficient (Wildman–Crippen LogP) is 3.18. The maximum atomic E-state index is 10.9. The number of benzene rings is 1. The first-order chi connectivity index (χ1) is 7.49. The standard InChI is InChI=1S/C11H9BrClNO2/c1-5-2-9-6(3-8(5)13)7(4-10(14)15)11(12)16-9/h2-3H,4H2,1H3,(H2,14,15). The van der Waals surface area contributed by atoms with E-state index in [9.17, 15) is 4.79 Å². The second-order valence-electron chi connectivity index (χ2n) is 3.59. The molecule has 0 unspecified atom stereocenters. The second-order valence-corrected chi connectivity index (χ2v) is 4.72. The number of carbonyl (C=O) groups excluding carboxylic acids is 1. The molecule has 0 aliphatic heterocycles. The number of primary amides is 1. The Kier molecular flexibility index (Phi) is 2.95. The summed E-state index contributed by atoms with van der Waals surface area (Å²) in [6.07, 6.45) is 0.132. The Labute approximate surface area is 106 Å². The van der Waals surface area contributed by atoms with Crippen LogP contribution in [0.1, 0.15) is 11.1 Å². The molecule has 0 saturated heterocycles. The third kappa shape index (κ3) is 1.95. The van der Waals surface area contributed by atoms with E-state index in [4.69, 9.17) is 21.8 Å². The fourth-order valence-electron chi connectivity index (χ4n) is 1.58. The van der Waals surface area contributed by atoms with Crippen molar-refractivity contribution < 1.29 is 9.21 Å². The lowest BCUT2D eigenvalue weighted by molar-refractivity contribution is -0.117. The minimum atomic E-state index is -0.403. The highest BCUT2D eigenvalue weighted by atomic mass is 79.9. The smallest absolute Gasteiger partial charge is 0.222 e. The number of hydrogen-bond donors (Lipinski definition) is 1. The molecule has 2 rings (SSSR count). The van der Waals surface area contributed by atoms with Crippen molar-refractivity contribution in [2.45, 2.75) is 13.3 Å². The molecule has 0 saturated carbocycles. The normalized spacial score (nSPS) is 10.9. The van der Waals surface area contributed by atoms with Gasteiger partial charge in [-0.05, 0) is 40.5 Å². The summed E-state index contributed by atoms with van der Waals surface area (Å²) in [7, 11) is 0. The van der Waals surface area contributed by atoms with E-state index in [0.717, 1.165) is 16.5 Å². The van der Waals surface area contributed by atoms with Gasteiger partial charge in [-0.25, -0.2) is 0 Å². The summed E-state index contributed by atoms with van der Waals surface area (Å²) in [6.45, 7) is 1.89. The van der Waals surface area contributed by atoms with Crippen LogP contribution in [0.4, 0.5) is 0 Å². The molecule has 0 bridgehead atoms. The Hall–Kier alpha value is -1.00. The number of carbonyl (C=O) groups is 1. The van der Waals surface area contributed by atoms with Gasteiger partial charge in [-0.2, -0.15) is 0 Å². The van der Waals surface area contributed by atoms with Crippen molar-refractivity contribution in [1.82, 2.24) is 0 Å². The molecule has 5 heteroatoms. The molecule has 3 nitrogen and oxygen atoms in total. The average Bonchev–Trinajstić information content (AvgIpc) is 2.45. The number of halogens is 2. The lowest BCUT2D eigenvalue weighted by atomic mass is 10.1. The highest BCUT2D eigenvalue weighted by Crippen LogP contribution is 2.33. The van der Waals surface area contributed by atoms with Crippen LogP contribution in [-0.2, 0) is 11.2 Å². The third-order valence-corrected chi connectivity index (χ3v) is 3.42. The van der Waals surface area contributed by atoms with E-state index in [1.54, 1.807) is 6.07 Å². The highest BCUT2D eigenvalue weighted by Gasteiger charge is 2.15. The summed E-state index contributed by atoms with van der Waals surface area (Å²) in [5.41, 5.74) is 7.55. The van der Waals surface area contributed by atoms with Crippen molar-refractivity contribution in [2.75, 3.05) is 0 Å². The molecule has 16 heavy (non-hydrogen) atoms. The average molecular weight is 303 g/mol. The first-order valence-electron chi connectivity index (χ1n) is 4.64. The minimum absolute atomic E-state index is 0.132. The molecule has 0 spiro atoms. The Morgan fingerprint density at radius 3 is 2.88 bits per heavy atom. The molecule has 2 N–H and O–H groups in total. The van der Waals surface area contributed by atoms with Crippen molar-refractivity contribution in [3.63, 3.8) is 0 Å². The van der Waals surface area contributed by atoms with Crippen LogP contribution in [0.15, 0.2) is 21.2 Å². The molecule has 1 amide bonds. The van der Waals surface area contributed by atoms with Gasteiger partial charge in [0.15, 0.2) is 4.67 Å². The lowest BCUT2D eigenvalue weighted by Crippen LogP contribution is -2.13. The maximum Gasteiger partial charge on any atom is 0.222 e. The molecule has 2 aromatic rings. The molecular formula is C11H9BrClNO2. The van der Waals surface area contributed by atoms with Gasteiger partial charge < -0.3 is 10.2 Å². The molecule has 0 aliphatic rings. The Morgan fingerprint density at radius 2 is 2.25 bits per heavy atom. The largest absolute Gasteiger partial charge is 0.449 e. The zero-order valence-electron chi connectivity index (χ0n) is 8.51. The van der Waals surface area contributed by atoms with Gasteiger partial charge in [0, 0.05) is 16.0 Å². The van der Waals surface area contributed by atoms with Crippen LogP contribution >= 0.6 is 27.5 Å². The monoisotopic (exact) mass is 301 g/mol. The molecule has 0 atom stereocenters. The van der Waals surface area contributed by atoms with E-state index >= 15 is 0 Å². The van der Waals surface area contributed by atoms with E-state index in [1.807, 2.05) is 13.0 Å². The van der Waals surface area contributed by atoms with E-state index in [0.29, 0.717) is 15.3 Å². The molecule has 84 valence electrons. The maximum absolute atomic E-state index is 10.9. The fraction of sp³-hybridized carbons (Fsp3) is 0.182. The number of hydrogen-bond acceptors (Lipinski definition) is 2. The summed E-state index contributed by atoms with van der Waals surface area (Å²) in [5.74, 6) is -0.403. The number of nitrogens with two attached hydrogens (primary N) is 1. The number of amides is 1. The zero-order valence-corrected chi connectivity index (χ0v) is 10.9. The van der Waals surface area contributed by atoms with Crippen LogP contribution < -0.4 is 5.73 Å². The fourth-order valence-corrected chi connectivity index (χ4v) is 2.27. The Morgan fingerprint density at radius 1 is 1.56 bits per heavy atom. The third-order valence-electron chi connectivity index (χ3n) is 2.37. The van der Waals surface area contributed by atoms with Gasteiger partial charge >= 0.3 is 0 Å². The zero-order chi connectivity index (χ0) is 11.9. The van der Waals surface area contributed by atoms with Crippen molar-refractivity contribution in [3.8, 4) is 0 Å². The second kappa shape index (κ2) is 4.11. The molecule has 1 heterocycles. The SMILES string of the molecule is Cc1cc2oc(Br)c(CC(N)=O)c2cc1Cl. The molecule has 1 aromatic carbocycles. The van der Waals surface area contributed by atoms with Crippen molar-refractivity contribution >= 4 is 44.4 Å². The number of fused-ring (bicyclic) bond motifs is 1. The molecule has 0 fully saturated rings.